The van der Waals surface area contributed by atoms with Crippen molar-refractivity contribution in [3.8, 4) is 0 Å². The minimum atomic E-state index is -0.178. The SMILES string of the molecule is CC(Nc1nc(Nc2ccccc2)n2ncc(/C=C3\CC(=O)NCC3=O)c2n1)c1ccccc1. The van der Waals surface area contributed by atoms with Gasteiger partial charge in [0.05, 0.1) is 25.2 Å². The molecule has 1 unspecified atom stereocenters. The summed E-state index contributed by atoms with van der Waals surface area (Å²) in [6.07, 6.45) is 3.34. The van der Waals surface area contributed by atoms with E-state index in [1.807, 2.05) is 67.6 Å². The molecule has 170 valence electrons. The van der Waals surface area contributed by atoms with Crippen molar-refractivity contribution in [1.82, 2.24) is 24.9 Å². The lowest BCUT2D eigenvalue weighted by Gasteiger charge is -2.16. The summed E-state index contributed by atoms with van der Waals surface area (Å²) < 4.78 is 1.59. The van der Waals surface area contributed by atoms with Crippen LogP contribution in [0.5, 0.6) is 0 Å². The van der Waals surface area contributed by atoms with E-state index in [1.54, 1.807) is 16.8 Å². The molecule has 3 N–H and O–H groups in total. The first-order chi connectivity index (χ1) is 16.6. The maximum atomic E-state index is 12.3. The van der Waals surface area contributed by atoms with Gasteiger partial charge in [0.25, 0.3) is 0 Å². The van der Waals surface area contributed by atoms with Crippen molar-refractivity contribution in [2.75, 3.05) is 17.2 Å². The highest BCUT2D eigenvalue weighted by Crippen LogP contribution is 2.24. The molecule has 0 radical (unpaired) electrons. The number of carbonyl (C=O) groups is 2. The summed E-state index contributed by atoms with van der Waals surface area (Å²) >= 11 is 0. The fraction of sp³-hybridized carbons (Fsp3) is 0.160. The number of nitrogens with zero attached hydrogens (tertiary/aromatic N) is 4. The van der Waals surface area contributed by atoms with E-state index >= 15 is 0 Å². The van der Waals surface area contributed by atoms with Gasteiger partial charge in [0.2, 0.25) is 17.8 Å². The molecule has 1 aliphatic heterocycles. The molecular formula is C25H23N7O2. The number of benzene rings is 2. The maximum absolute atomic E-state index is 12.3. The number of amides is 1. The van der Waals surface area contributed by atoms with Gasteiger partial charge in [-0.05, 0) is 30.7 Å². The van der Waals surface area contributed by atoms with Crippen LogP contribution in [0.2, 0.25) is 0 Å². The zero-order chi connectivity index (χ0) is 23.5. The predicted molar refractivity (Wildman–Crippen MR) is 130 cm³/mol. The lowest BCUT2D eigenvalue weighted by Crippen LogP contribution is -2.36. The second kappa shape index (κ2) is 9.14. The highest BCUT2D eigenvalue weighted by Gasteiger charge is 2.22. The lowest BCUT2D eigenvalue weighted by molar-refractivity contribution is -0.126. The van der Waals surface area contributed by atoms with Crippen molar-refractivity contribution in [2.24, 2.45) is 0 Å². The van der Waals surface area contributed by atoms with Crippen LogP contribution in [0.1, 0.15) is 30.5 Å². The van der Waals surface area contributed by atoms with E-state index in [9.17, 15) is 9.59 Å². The van der Waals surface area contributed by atoms with Gasteiger partial charge in [-0.15, -0.1) is 0 Å². The molecule has 9 nitrogen and oxygen atoms in total. The van der Waals surface area contributed by atoms with Gasteiger partial charge in [-0.2, -0.15) is 19.6 Å². The number of aromatic nitrogens is 4. The highest BCUT2D eigenvalue weighted by molar-refractivity contribution is 6.09. The number of piperidine rings is 1. The molecule has 1 fully saturated rings. The van der Waals surface area contributed by atoms with Crippen LogP contribution < -0.4 is 16.0 Å². The Labute approximate surface area is 195 Å². The van der Waals surface area contributed by atoms with Gasteiger partial charge in [0.15, 0.2) is 11.4 Å². The predicted octanol–water partition coefficient (Wildman–Crippen LogP) is 3.51. The molecule has 0 spiro atoms. The van der Waals surface area contributed by atoms with Gasteiger partial charge in [-0.1, -0.05) is 48.5 Å². The number of para-hydroxylation sites is 1. The largest absolute Gasteiger partial charge is 0.348 e. The summed E-state index contributed by atoms with van der Waals surface area (Å²) in [5.74, 6) is 0.584. The van der Waals surface area contributed by atoms with Crippen LogP contribution in [0.3, 0.4) is 0 Å². The van der Waals surface area contributed by atoms with Crippen LogP contribution in [-0.2, 0) is 9.59 Å². The third kappa shape index (κ3) is 4.49. The van der Waals surface area contributed by atoms with Crippen molar-refractivity contribution in [1.29, 1.82) is 0 Å². The molecule has 34 heavy (non-hydrogen) atoms. The Morgan fingerprint density at radius 3 is 2.53 bits per heavy atom. The van der Waals surface area contributed by atoms with Crippen molar-refractivity contribution in [2.45, 2.75) is 19.4 Å². The van der Waals surface area contributed by atoms with Crippen LogP contribution in [-0.4, -0.2) is 37.8 Å². The normalized spacial score (nSPS) is 15.9. The Bertz CT molecular complexity index is 1380. The fourth-order valence-electron chi connectivity index (χ4n) is 3.76. The van der Waals surface area contributed by atoms with Crippen LogP contribution in [0.4, 0.5) is 17.6 Å². The Morgan fingerprint density at radius 2 is 1.76 bits per heavy atom. The van der Waals surface area contributed by atoms with Crippen molar-refractivity contribution in [3.63, 3.8) is 0 Å². The van der Waals surface area contributed by atoms with Gasteiger partial charge >= 0.3 is 0 Å². The number of Topliss-reactive ketones (excluding diaryl/α,β-unsaturated/α-hetero) is 1. The molecule has 0 bridgehead atoms. The van der Waals surface area contributed by atoms with E-state index < -0.39 is 0 Å². The maximum Gasteiger partial charge on any atom is 0.233 e. The summed E-state index contributed by atoms with van der Waals surface area (Å²) in [6.45, 7) is 2.03. The Morgan fingerprint density at radius 1 is 1.03 bits per heavy atom. The van der Waals surface area contributed by atoms with Gasteiger partial charge in [0, 0.05) is 16.8 Å². The molecule has 1 aliphatic rings. The average Bonchev–Trinajstić information content (AvgIpc) is 3.25. The fourth-order valence-corrected chi connectivity index (χ4v) is 3.76. The van der Waals surface area contributed by atoms with E-state index in [-0.39, 0.29) is 30.7 Å². The Balaban J connectivity index is 1.57. The first kappa shape index (κ1) is 21.3. The number of carbonyl (C=O) groups excluding carboxylic acids is 2. The first-order valence-electron chi connectivity index (χ1n) is 11.0. The van der Waals surface area contributed by atoms with Gasteiger partial charge in [-0.3, -0.25) is 9.59 Å². The van der Waals surface area contributed by atoms with Gasteiger partial charge in [0.1, 0.15) is 0 Å². The summed E-state index contributed by atoms with van der Waals surface area (Å²) in [4.78, 5) is 33.5. The zero-order valence-corrected chi connectivity index (χ0v) is 18.5. The molecule has 0 aliphatic carbocycles. The Hall–Kier alpha value is -4.53. The van der Waals surface area contributed by atoms with Crippen LogP contribution in [0.15, 0.2) is 72.4 Å². The molecule has 1 saturated heterocycles. The smallest absolute Gasteiger partial charge is 0.233 e. The average molecular weight is 454 g/mol. The number of nitrogens with one attached hydrogen (secondary N) is 3. The number of rotatable bonds is 6. The zero-order valence-electron chi connectivity index (χ0n) is 18.5. The number of hydrogen-bond acceptors (Lipinski definition) is 7. The topological polar surface area (TPSA) is 113 Å². The second-order valence-corrected chi connectivity index (χ2v) is 8.02. The summed E-state index contributed by atoms with van der Waals surface area (Å²) in [7, 11) is 0. The van der Waals surface area contributed by atoms with Gasteiger partial charge in [-0.25, -0.2) is 0 Å². The third-order valence-corrected chi connectivity index (χ3v) is 5.56. The molecule has 1 amide bonds. The van der Waals surface area contributed by atoms with E-state index in [2.05, 4.69) is 26.0 Å². The Kier molecular flexibility index (Phi) is 5.73. The van der Waals surface area contributed by atoms with E-state index in [0.717, 1.165) is 11.3 Å². The van der Waals surface area contributed by atoms with E-state index in [4.69, 9.17) is 4.98 Å². The number of anilines is 3. The summed E-state index contributed by atoms with van der Waals surface area (Å²) in [5, 5.41) is 13.7. The van der Waals surface area contributed by atoms with Gasteiger partial charge < -0.3 is 16.0 Å². The van der Waals surface area contributed by atoms with Crippen LogP contribution >= 0.6 is 0 Å². The monoisotopic (exact) mass is 453 g/mol. The second-order valence-electron chi connectivity index (χ2n) is 8.02. The first-order valence-corrected chi connectivity index (χ1v) is 11.0. The molecule has 2 aromatic carbocycles. The summed E-state index contributed by atoms with van der Waals surface area (Å²) in [5.41, 5.74) is 3.52. The number of ketones is 1. The minimum Gasteiger partial charge on any atom is -0.348 e. The van der Waals surface area contributed by atoms with E-state index in [0.29, 0.717) is 28.7 Å². The molecule has 9 heteroatoms. The third-order valence-electron chi connectivity index (χ3n) is 5.56. The summed E-state index contributed by atoms with van der Waals surface area (Å²) in [6, 6.07) is 19.6. The van der Waals surface area contributed by atoms with Crippen LogP contribution in [0, 0.1) is 0 Å². The van der Waals surface area contributed by atoms with Crippen molar-refractivity contribution < 1.29 is 9.59 Å². The molecule has 4 aromatic rings. The van der Waals surface area contributed by atoms with Crippen molar-refractivity contribution >= 4 is 41.0 Å². The molecule has 5 rings (SSSR count). The molecular weight excluding hydrogens is 430 g/mol. The minimum absolute atomic E-state index is 0.00106. The number of hydrogen-bond donors (Lipinski definition) is 3. The standard InChI is InChI=1S/C25H23N7O2/c1-16(17-8-4-2-5-9-17)28-24-30-23-19(12-18-13-22(34)26-15-21(18)33)14-27-32(23)25(31-24)29-20-10-6-3-7-11-20/h2-12,14,16H,13,15H2,1H3,(H,26,34)(H2,28,29,30,31)/b18-12+. The molecule has 2 aromatic heterocycles. The molecule has 1 atom stereocenters. The van der Waals surface area contributed by atoms with Crippen molar-refractivity contribution in [3.05, 3.63) is 83.6 Å². The van der Waals surface area contributed by atoms with Crippen LogP contribution in [0.25, 0.3) is 11.7 Å². The highest BCUT2D eigenvalue weighted by atomic mass is 16.2. The van der Waals surface area contributed by atoms with E-state index in [1.165, 1.54) is 0 Å². The number of fused-ring (bicyclic) bond motifs is 1. The quantitative estimate of drug-likeness (QED) is 0.383. The molecule has 0 saturated carbocycles. The molecule has 3 heterocycles. The lowest BCUT2D eigenvalue weighted by atomic mass is 10.0.